The van der Waals surface area contributed by atoms with Crippen molar-refractivity contribution in [3.8, 4) is 5.75 Å². The molecule has 0 aromatic heterocycles. The van der Waals surface area contributed by atoms with Crippen LogP contribution in [0.4, 0.5) is 0 Å². The first kappa shape index (κ1) is 16.8. The van der Waals surface area contributed by atoms with Gasteiger partial charge in [0.05, 0.1) is 13.2 Å². The number of nitrogens with one attached hydrogen (secondary N) is 1. The number of hydrogen-bond acceptors (Lipinski definition) is 3. The summed E-state index contributed by atoms with van der Waals surface area (Å²) in [6, 6.07) is 7.60. The smallest absolute Gasteiger partial charge is 0.242 e. The summed E-state index contributed by atoms with van der Waals surface area (Å²) < 4.78 is 5.56. The predicted octanol–water partition coefficient (Wildman–Crippen LogP) is 1.74. The minimum Gasteiger partial charge on any atom is -0.494 e. The molecule has 2 amide bonds. The molecule has 1 aromatic carbocycles. The van der Waals surface area contributed by atoms with E-state index < -0.39 is 0 Å². The van der Waals surface area contributed by atoms with Gasteiger partial charge in [-0.25, -0.2) is 0 Å². The van der Waals surface area contributed by atoms with E-state index in [0.29, 0.717) is 19.7 Å². The van der Waals surface area contributed by atoms with Gasteiger partial charge in [0.15, 0.2) is 0 Å². The maximum Gasteiger partial charge on any atom is 0.242 e. The normalized spacial score (nSPS) is 9.81. The van der Waals surface area contributed by atoms with Crippen molar-refractivity contribution in [3.63, 3.8) is 0 Å². The Kier molecular flexibility index (Phi) is 7.01. The highest BCUT2D eigenvalue weighted by molar-refractivity contribution is 5.83. The molecule has 1 aromatic rings. The topological polar surface area (TPSA) is 58.6 Å². The maximum atomic E-state index is 12.1. The molecular formula is C16H22N2O3. The van der Waals surface area contributed by atoms with Gasteiger partial charge in [0.2, 0.25) is 11.8 Å². The highest BCUT2D eigenvalue weighted by Gasteiger charge is 2.15. The van der Waals surface area contributed by atoms with Crippen LogP contribution in [0.1, 0.15) is 19.4 Å². The first-order chi connectivity index (χ1) is 10.1. The Morgan fingerprint density at radius 3 is 2.71 bits per heavy atom. The van der Waals surface area contributed by atoms with Crippen molar-refractivity contribution < 1.29 is 14.3 Å². The van der Waals surface area contributed by atoms with Crippen LogP contribution in [-0.2, 0) is 16.1 Å². The van der Waals surface area contributed by atoms with Gasteiger partial charge in [0.25, 0.3) is 0 Å². The van der Waals surface area contributed by atoms with Crippen molar-refractivity contribution in [2.75, 3.05) is 19.7 Å². The fourth-order valence-electron chi connectivity index (χ4n) is 1.86. The van der Waals surface area contributed by atoms with Gasteiger partial charge in [-0.05, 0) is 13.0 Å². The van der Waals surface area contributed by atoms with E-state index in [1.54, 1.807) is 11.0 Å². The van der Waals surface area contributed by atoms with Crippen molar-refractivity contribution in [3.05, 3.63) is 42.5 Å². The van der Waals surface area contributed by atoms with Gasteiger partial charge in [0.1, 0.15) is 5.75 Å². The second-order valence-corrected chi connectivity index (χ2v) is 4.51. The third-order valence-corrected chi connectivity index (χ3v) is 2.82. The molecule has 1 N–H and O–H groups in total. The number of rotatable bonds is 8. The minimum absolute atomic E-state index is 0.0139. The first-order valence-corrected chi connectivity index (χ1v) is 6.92. The summed E-state index contributed by atoms with van der Waals surface area (Å²) in [5.74, 6) is 0.384. The Balaban J connectivity index is 2.80. The molecular weight excluding hydrogens is 268 g/mol. The van der Waals surface area contributed by atoms with Crippen LogP contribution in [0.15, 0.2) is 36.9 Å². The first-order valence-electron chi connectivity index (χ1n) is 6.92. The van der Waals surface area contributed by atoms with Gasteiger partial charge in [-0.3, -0.25) is 9.59 Å². The lowest BCUT2D eigenvalue weighted by atomic mass is 10.2. The quantitative estimate of drug-likeness (QED) is 0.742. The number of nitrogens with zero attached hydrogens (tertiary/aromatic N) is 1. The van der Waals surface area contributed by atoms with E-state index in [9.17, 15) is 9.59 Å². The number of ether oxygens (including phenoxy) is 1. The van der Waals surface area contributed by atoms with E-state index in [1.165, 1.54) is 6.92 Å². The maximum absolute atomic E-state index is 12.1. The Bertz CT molecular complexity index is 500. The van der Waals surface area contributed by atoms with Crippen molar-refractivity contribution in [1.82, 2.24) is 10.2 Å². The van der Waals surface area contributed by atoms with Crippen LogP contribution >= 0.6 is 0 Å². The summed E-state index contributed by atoms with van der Waals surface area (Å²) >= 11 is 0. The summed E-state index contributed by atoms with van der Waals surface area (Å²) in [5.41, 5.74) is 0.928. The van der Waals surface area contributed by atoms with E-state index in [2.05, 4.69) is 11.9 Å². The molecule has 0 bridgehead atoms. The zero-order valence-electron chi connectivity index (χ0n) is 12.6. The summed E-state index contributed by atoms with van der Waals surface area (Å²) in [6.07, 6.45) is 1.66. The number of hydrogen-bond donors (Lipinski definition) is 1. The molecule has 21 heavy (non-hydrogen) atoms. The molecule has 0 heterocycles. The molecule has 0 fully saturated rings. The molecule has 0 saturated carbocycles. The van der Waals surface area contributed by atoms with Crippen LogP contribution in [0.2, 0.25) is 0 Å². The molecule has 0 saturated heterocycles. The zero-order valence-corrected chi connectivity index (χ0v) is 12.6. The highest BCUT2D eigenvalue weighted by Crippen LogP contribution is 2.19. The number of para-hydroxylation sites is 1. The van der Waals surface area contributed by atoms with Crippen molar-refractivity contribution >= 4 is 11.8 Å². The fraction of sp³-hybridized carbons (Fsp3) is 0.375. The molecule has 0 aliphatic heterocycles. The van der Waals surface area contributed by atoms with Gasteiger partial charge < -0.3 is 15.0 Å². The van der Waals surface area contributed by atoms with E-state index in [1.807, 2.05) is 31.2 Å². The second kappa shape index (κ2) is 8.79. The molecule has 0 aliphatic rings. The Morgan fingerprint density at radius 2 is 2.10 bits per heavy atom. The van der Waals surface area contributed by atoms with Crippen LogP contribution in [0.25, 0.3) is 0 Å². The standard InChI is InChI=1S/C16H22N2O3/c1-4-10-18(16(20)11-17-13(3)19)12-14-8-6-7-9-15(14)21-5-2/h4,6-9H,1,5,10-12H2,2-3H3,(H,17,19). The average molecular weight is 290 g/mol. The van der Waals surface area contributed by atoms with Gasteiger partial charge in [-0.2, -0.15) is 0 Å². The number of benzene rings is 1. The minimum atomic E-state index is -0.225. The third-order valence-electron chi connectivity index (χ3n) is 2.82. The molecule has 0 spiro atoms. The van der Waals surface area contributed by atoms with E-state index >= 15 is 0 Å². The van der Waals surface area contributed by atoms with Crippen molar-refractivity contribution in [2.24, 2.45) is 0 Å². The van der Waals surface area contributed by atoms with Crippen LogP contribution in [0, 0.1) is 0 Å². The summed E-state index contributed by atoms with van der Waals surface area (Å²) in [5, 5.41) is 2.51. The molecule has 5 heteroatoms. The second-order valence-electron chi connectivity index (χ2n) is 4.51. The molecule has 0 unspecified atom stereocenters. The van der Waals surface area contributed by atoms with Gasteiger partial charge in [-0.15, -0.1) is 6.58 Å². The Morgan fingerprint density at radius 1 is 1.38 bits per heavy atom. The number of carbonyl (C=O) groups is 2. The number of carbonyl (C=O) groups excluding carboxylic acids is 2. The average Bonchev–Trinajstić information content (AvgIpc) is 2.46. The van der Waals surface area contributed by atoms with Crippen molar-refractivity contribution in [2.45, 2.75) is 20.4 Å². The lowest BCUT2D eigenvalue weighted by Gasteiger charge is -2.22. The highest BCUT2D eigenvalue weighted by atomic mass is 16.5. The van der Waals surface area contributed by atoms with Gasteiger partial charge >= 0.3 is 0 Å². The predicted molar refractivity (Wildman–Crippen MR) is 81.9 cm³/mol. The van der Waals surface area contributed by atoms with Gasteiger partial charge in [0, 0.05) is 25.6 Å². The lowest BCUT2D eigenvalue weighted by molar-refractivity contribution is -0.132. The third kappa shape index (κ3) is 5.69. The zero-order chi connectivity index (χ0) is 15.7. The Hall–Kier alpha value is -2.30. The molecule has 0 atom stereocenters. The van der Waals surface area contributed by atoms with Crippen molar-refractivity contribution in [1.29, 1.82) is 0 Å². The lowest BCUT2D eigenvalue weighted by Crippen LogP contribution is -2.39. The van der Waals surface area contributed by atoms with Crippen LogP contribution in [0.5, 0.6) is 5.75 Å². The van der Waals surface area contributed by atoms with E-state index in [4.69, 9.17) is 4.74 Å². The molecule has 5 nitrogen and oxygen atoms in total. The largest absolute Gasteiger partial charge is 0.494 e. The fourth-order valence-corrected chi connectivity index (χ4v) is 1.86. The van der Waals surface area contributed by atoms with E-state index in [-0.39, 0.29) is 18.4 Å². The van der Waals surface area contributed by atoms with Crippen LogP contribution in [-0.4, -0.2) is 36.4 Å². The Labute approximate surface area is 125 Å². The molecule has 1 rings (SSSR count). The van der Waals surface area contributed by atoms with Crippen LogP contribution < -0.4 is 10.1 Å². The monoisotopic (exact) mass is 290 g/mol. The number of amides is 2. The SMILES string of the molecule is C=CCN(Cc1ccccc1OCC)C(=O)CNC(C)=O. The summed E-state index contributed by atoms with van der Waals surface area (Å²) in [6.45, 7) is 8.35. The van der Waals surface area contributed by atoms with E-state index in [0.717, 1.165) is 11.3 Å². The summed E-state index contributed by atoms with van der Waals surface area (Å²) in [4.78, 5) is 24.7. The summed E-state index contributed by atoms with van der Waals surface area (Å²) in [7, 11) is 0. The molecule has 0 aliphatic carbocycles. The molecule has 114 valence electrons. The molecule has 0 radical (unpaired) electrons. The van der Waals surface area contributed by atoms with Crippen LogP contribution in [0.3, 0.4) is 0 Å². The van der Waals surface area contributed by atoms with Gasteiger partial charge in [-0.1, -0.05) is 24.3 Å².